The van der Waals surface area contributed by atoms with E-state index >= 15 is 0 Å². The molecule has 0 radical (unpaired) electrons. The molecule has 1 atom stereocenters. The third kappa shape index (κ3) is 5.84. The number of hydrogen-bond acceptors (Lipinski definition) is 5. The Bertz CT molecular complexity index is 476. The number of thioether (sulfide) groups is 1. The molecule has 0 aromatic rings. The van der Waals surface area contributed by atoms with Crippen molar-refractivity contribution in [2.45, 2.75) is 38.8 Å². The summed E-state index contributed by atoms with van der Waals surface area (Å²) >= 11 is 1.48. The maximum absolute atomic E-state index is 12.4. The molecule has 0 rings (SSSR count). The molecule has 0 saturated carbocycles. The van der Waals surface area contributed by atoms with Crippen molar-refractivity contribution in [2.24, 2.45) is 0 Å². The van der Waals surface area contributed by atoms with Crippen molar-refractivity contribution in [1.82, 2.24) is 9.62 Å². The standard InChI is InChI=1S/C12H24N2O5S2/c1-6-21(18,19)13-9(7-8-20-5)10(15)14(4)12(2,3)11(16)17/h9,13H,6-8H2,1-5H3,(H,16,17). The molecule has 9 heteroatoms. The van der Waals surface area contributed by atoms with E-state index < -0.39 is 33.5 Å². The van der Waals surface area contributed by atoms with E-state index in [9.17, 15) is 18.0 Å². The predicted octanol–water partition coefficient (Wildman–Crippen LogP) is 0.369. The van der Waals surface area contributed by atoms with Crippen LogP contribution in [0.3, 0.4) is 0 Å². The molecule has 2 N–H and O–H groups in total. The number of sulfonamides is 1. The third-order valence-corrected chi connectivity index (χ3v) is 5.35. The predicted molar refractivity (Wildman–Crippen MR) is 83.9 cm³/mol. The summed E-state index contributed by atoms with van der Waals surface area (Å²) < 4.78 is 25.7. The van der Waals surface area contributed by atoms with Crippen molar-refractivity contribution in [3.8, 4) is 0 Å². The summed E-state index contributed by atoms with van der Waals surface area (Å²) in [4.78, 5) is 24.7. The Balaban J connectivity index is 5.24. The van der Waals surface area contributed by atoms with Gasteiger partial charge in [0.05, 0.1) is 5.75 Å². The first-order chi connectivity index (χ1) is 9.49. The van der Waals surface area contributed by atoms with E-state index in [1.807, 2.05) is 6.26 Å². The summed E-state index contributed by atoms with van der Waals surface area (Å²) in [5, 5.41) is 9.16. The summed E-state index contributed by atoms with van der Waals surface area (Å²) in [6.45, 7) is 4.27. The van der Waals surface area contributed by atoms with Gasteiger partial charge in [0.25, 0.3) is 0 Å². The van der Waals surface area contributed by atoms with Gasteiger partial charge in [0, 0.05) is 7.05 Å². The van der Waals surface area contributed by atoms with Gasteiger partial charge in [0.1, 0.15) is 11.6 Å². The number of aliphatic carboxylic acids is 1. The van der Waals surface area contributed by atoms with Gasteiger partial charge in [-0.1, -0.05) is 0 Å². The van der Waals surface area contributed by atoms with Crippen LogP contribution in [0.25, 0.3) is 0 Å². The fourth-order valence-electron chi connectivity index (χ4n) is 1.42. The first-order valence-electron chi connectivity index (χ1n) is 6.49. The largest absolute Gasteiger partial charge is 0.480 e. The molecule has 1 amide bonds. The van der Waals surface area contributed by atoms with Crippen LogP contribution < -0.4 is 4.72 Å². The molecule has 0 spiro atoms. The van der Waals surface area contributed by atoms with E-state index in [1.54, 1.807) is 0 Å². The van der Waals surface area contributed by atoms with Gasteiger partial charge in [-0.3, -0.25) is 4.79 Å². The Kier molecular flexibility index (Phi) is 7.69. The molecule has 0 aliphatic rings. The van der Waals surface area contributed by atoms with Crippen molar-refractivity contribution in [1.29, 1.82) is 0 Å². The SMILES string of the molecule is CCS(=O)(=O)NC(CCSC)C(=O)N(C)C(C)(C)C(=O)O. The molecule has 0 aromatic carbocycles. The van der Waals surface area contributed by atoms with E-state index in [-0.39, 0.29) is 5.75 Å². The summed E-state index contributed by atoms with van der Waals surface area (Å²) in [5.41, 5.74) is -1.41. The topological polar surface area (TPSA) is 104 Å². The first-order valence-corrected chi connectivity index (χ1v) is 9.54. The molecule has 0 fully saturated rings. The quantitative estimate of drug-likeness (QED) is 0.628. The van der Waals surface area contributed by atoms with E-state index in [1.165, 1.54) is 39.6 Å². The normalized spacial score (nSPS) is 13.8. The lowest BCUT2D eigenvalue weighted by molar-refractivity contribution is -0.156. The Labute approximate surface area is 130 Å². The number of likely N-dealkylation sites (N-methyl/N-ethyl adjacent to an activating group) is 1. The lowest BCUT2D eigenvalue weighted by atomic mass is 10.0. The van der Waals surface area contributed by atoms with Crippen LogP contribution in [0.1, 0.15) is 27.2 Å². The zero-order chi connectivity index (χ0) is 16.8. The maximum atomic E-state index is 12.4. The average Bonchev–Trinajstić information content (AvgIpc) is 2.41. The van der Waals surface area contributed by atoms with Gasteiger partial charge in [0.15, 0.2) is 0 Å². The van der Waals surface area contributed by atoms with Gasteiger partial charge in [-0.15, -0.1) is 0 Å². The molecule has 0 heterocycles. The van der Waals surface area contributed by atoms with Gasteiger partial charge in [-0.05, 0) is 39.2 Å². The molecule has 7 nitrogen and oxygen atoms in total. The molecular weight excluding hydrogens is 316 g/mol. The molecule has 0 bridgehead atoms. The van der Waals surface area contributed by atoms with Crippen molar-refractivity contribution in [2.75, 3.05) is 24.8 Å². The second-order valence-electron chi connectivity index (χ2n) is 5.12. The van der Waals surface area contributed by atoms with Crippen molar-refractivity contribution >= 4 is 33.7 Å². The molecule has 0 saturated heterocycles. The Morgan fingerprint density at radius 1 is 1.38 bits per heavy atom. The van der Waals surface area contributed by atoms with Crippen molar-refractivity contribution < 1.29 is 23.1 Å². The van der Waals surface area contributed by atoms with Crippen LogP contribution in [0.2, 0.25) is 0 Å². The smallest absolute Gasteiger partial charge is 0.329 e. The molecule has 0 aromatic heterocycles. The Morgan fingerprint density at radius 3 is 2.29 bits per heavy atom. The first kappa shape index (κ1) is 20.2. The highest BCUT2D eigenvalue weighted by Gasteiger charge is 2.38. The van der Waals surface area contributed by atoms with Gasteiger partial charge in [-0.2, -0.15) is 11.8 Å². The number of carbonyl (C=O) groups is 2. The number of carboxylic acids is 1. The van der Waals surface area contributed by atoms with Crippen LogP contribution in [-0.2, 0) is 19.6 Å². The monoisotopic (exact) mass is 340 g/mol. The summed E-state index contributed by atoms with van der Waals surface area (Å²) in [7, 11) is -2.18. The molecule has 124 valence electrons. The van der Waals surface area contributed by atoms with E-state index in [0.717, 1.165) is 4.90 Å². The average molecular weight is 340 g/mol. The van der Waals surface area contributed by atoms with Gasteiger partial charge >= 0.3 is 5.97 Å². The number of nitrogens with zero attached hydrogens (tertiary/aromatic N) is 1. The fourth-order valence-corrected chi connectivity index (χ4v) is 2.71. The number of amides is 1. The summed E-state index contributed by atoms with van der Waals surface area (Å²) in [5.74, 6) is -1.25. The number of rotatable bonds is 9. The highest BCUT2D eigenvalue weighted by atomic mass is 32.2. The second-order valence-corrected chi connectivity index (χ2v) is 8.14. The van der Waals surface area contributed by atoms with Gasteiger partial charge < -0.3 is 10.0 Å². The fraction of sp³-hybridized carbons (Fsp3) is 0.833. The van der Waals surface area contributed by atoms with E-state index in [4.69, 9.17) is 5.11 Å². The highest BCUT2D eigenvalue weighted by molar-refractivity contribution is 7.98. The number of nitrogens with one attached hydrogen (secondary N) is 1. The van der Waals surface area contributed by atoms with Crippen molar-refractivity contribution in [3.63, 3.8) is 0 Å². The van der Waals surface area contributed by atoms with Crippen LogP contribution in [-0.4, -0.2) is 66.7 Å². The highest BCUT2D eigenvalue weighted by Crippen LogP contribution is 2.16. The van der Waals surface area contributed by atoms with E-state index in [0.29, 0.717) is 12.2 Å². The molecule has 0 aliphatic carbocycles. The maximum Gasteiger partial charge on any atom is 0.329 e. The van der Waals surface area contributed by atoms with Crippen LogP contribution in [0.15, 0.2) is 0 Å². The zero-order valence-corrected chi connectivity index (χ0v) is 14.7. The minimum absolute atomic E-state index is 0.137. The van der Waals surface area contributed by atoms with Gasteiger partial charge in [-0.25, -0.2) is 17.9 Å². The lowest BCUT2D eigenvalue weighted by Crippen LogP contribution is -2.57. The number of hydrogen-bond donors (Lipinski definition) is 2. The van der Waals surface area contributed by atoms with Crippen LogP contribution in [0.4, 0.5) is 0 Å². The number of carboxylic acid groups (broad SMARTS) is 1. The summed E-state index contributed by atoms with van der Waals surface area (Å²) in [6.07, 6.45) is 2.15. The molecule has 1 unspecified atom stereocenters. The van der Waals surface area contributed by atoms with Crippen molar-refractivity contribution in [3.05, 3.63) is 0 Å². The number of carbonyl (C=O) groups excluding carboxylic acids is 1. The lowest BCUT2D eigenvalue weighted by Gasteiger charge is -2.34. The summed E-state index contributed by atoms with van der Waals surface area (Å²) in [6, 6.07) is -0.953. The Morgan fingerprint density at radius 2 is 1.90 bits per heavy atom. The van der Waals surface area contributed by atoms with Gasteiger partial charge in [0.2, 0.25) is 15.9 Å². The minimum atomic E-state index is -3.55. The second kappa shape index (κ2) is 8.00. The molecular formula is C12H24N2O5S2. The molecule has 0 aliphatic heterocycles. The third-order valence-electron chi connectivity index (χ3n) is 3.30. The van der Waals surface area contributed by atoms with Crippen LogP contribution in [0, 0.1) is 0 Å². The van der Waals surface area contributed by atoms with Crippen LogP contribution >= 0.6 is 11.8 Å². The molecule has 21 heavy (non-hydrogen) atoms. The van der Waals surface area contributed by atoms with E-state index in [2.05, 4.69) is 4.72 Å². The zero-order valence-electron chi connectivity index (χ0n) is 13.0. The minimum Gasteiger partial charge on any atom is -0.480 e. The Hall–Kier alpha value is -0.800. The van der Waals surface area contributed by atoms with Crippen LogP contribution in [0.5, 0.6) is 0 Å².